The Labute approximate surface area is 95.1 Å². The molecule has 2 rings (SSSR count). The van der Waals surface area contributed by atoms with E-state index in [0.29, 0.717) is 12.0 Å². The smallest absolute Gasteiger partial charge is 0.225 e. The molecular weight excluding hydrogens is 207 g/mol. The van der Waals surface area contributed by atoms with E-state index in [0.717, 1.165) is 0 Å². The maximum atomic E-state index is 14.1. The van der Waals surface area contributed by atoms with Gasteiger partial charge in [0.25, 0.3) is 0 Å². The van der Waals surface area contributed by atoms with Crippen LogP contribution >= 0.6 is 0 Å². The van der Waals surface area contributed by atoms with Gasteiger partial charge < -0.3 is 9.84 Å². The maximum absolute atomic E-state index is 14.1. The van der Waals surface area contributed by atoms with Crippen LogP contribution in [0.3, 0.4) is 0 Å². The first-order valence-electron chi connectivity index (χ1n) is 5.69. The molecule has 1 fully saturated rings. The van der Waals surface area contributed by atoms with E-state index in [1.54, 1.807) is 31.2 Å². The Kier molecular flexibility index (Phi) is 3.00. The van der Waals surface area contributed by atoms with E-state index in [9.17, 15) is 9.50 Å². The van der Waals surface area contributed by atoms with Crippen molar-refractivity contribution in [2.75, 3.05) is 0 Å². The van der Waals surface area contributed by atoms with E-state index < -0.39 is 12.0 Å². The van der Waals surface area contributed by atoms with Gasteiger partial charge in [-0.05, 0) is 6.42 Å². The maximum Gasteiger partial charge on any atom is 0.225 e. The first-order valence-corrected chi connectivity index (χ1v) is 5.69. The summed E-state index contributed by atoms with van der Waals surface area (Å²) in [6, 6.07) is 8.76. The minimum absolute atomic E-state index is 0.222. The van der Waals surface area contributed by atoms with Crippen molar-refractivity contribution in [3.8, 4) is 0 Å². The summed E-state index contributed by atoms with van der Waals surface area (Å²) in [6.45, 7) is 3.71. The van der Waals surface area contributed by atoms with Crippen molar-refractivity contribution >= 4 is 0 Å². The molecule has 2 nitrogen and oxygen atoms in total. The zero-order chi connectivity index (χ0) is 11.8. The molecule has 1 aliphatic heterocycles. The summed E-state index contributed by atoms with van der Waals surface area (Å²) in [5.41, 5.74) is 0.491. The zero-order valence-electron chi connectivity index (χ0n) is 9.56. The molecule has 16 heavy (non-hydrogen) atoms. The first-order chi connectivity index (χ1) is 7.59. The number of ether oxygens (including phenoxy) is 1. The molecule has 0 amide bonds. The minimum Gasteiger partial charge on any atom is -0.360 e. The molecule has 1 heterocycles. The molecule has 0 saturated carbocycles. The number of alkyl halides is 1. The summed E-state index contributed by atoms with van der Waals surface area (Å²) in [7, 11) is 0. The van der Waals surface area contributed by atoms with Gasteiger partial charge in [-0.2, -0.15) is 0 Å². The molecule has 0 radical (unpaired) electrons. The lowest BCUT2D eigenvalue weighted by atomic mass is 9.93. The van der Waals surface area contributed by atoms with Crippen molar-refractivity contribution in [3.63, 3.8) is 0 Å². The molecule has 1 unspecified atom stereocenters. The molecular formula is C13H17FO2. The standard InChI is InChI=1S/C13H17FO2/c1-3-11-9(2)12(14)13(15,16-11)10-7-5-4-6-8-10/h4-9,11-12,15H,3H2,1-2H3/t9-,11-,12-,13?/m1/s1. The highest BCUT2D eigenvalue weighted by molar-refractivity contribution is 5.23. The van der Waals surface area contributed by atoms with Gasteiger partial charge >= 0.3 is 0 Å². The number of aliphatic hydroxyl groups is 1. The van der Waals surface area contributed by atoms with Gasteiger partial charge in [0, 0.05) is 11.5 Å². The lowest BCUT2D eigenvalue weighted by molar-refractivity contribution is -0.223. The zero-order valence-corrected chi connectivity index (χ0v) is 9.56. The van der Waals surface area contributed by atoms with Crippen LogP contribution in [0.2, 0.25) is 0 Å². The largest absolute Gasteiger partial charge is 0.360 e. The molecule has 88 valence electrons. The highest BCUT2D eigenvalue weighted by atomic mass is 19.1. The highest BCUT2D eigenvalue weighted by Crippen LogP contribution is 2.43. The van der Waals surface area contributed by atoms with Crippen molar-refractivity contribution in [1.29, 1.82) is 0 Å². The summed E-state index contributed by atoms with van der Waals surface area (Å²) in [4.78, 5) is 0. The van der Waals surface area contributed by atoms with E-state index in [2.05, 4.69) is 0 Å². The SMILES string of the molecule is CC[C@H]1OC(O)(c2ccccc2)[C@H](F)[C@@H]1C. The average molecular weight is 224 g/mol. The molecule has 0 spiro atoms. The Balaban J connectivity index is 2.33. The van der Waals surface area contributed by atoms with Crippen molar-refractivity contribution in [3.05, 3.63) is 35.9 Å². The molecule has 1 N–H and O–H groups in total. The second-order valence-corrected chi connectivity index (χ2v) is 4.39. The second kappa shape index (κ2) is 4.15. The second-order valence-electron chi connectivity index (χ2n) is 4.39. The molecule has 0 bridgehead atoms. The van der Waals surface area contributed by atoms with Gasteiger partial charge in [-0.15, -0.1) is 0 Å². The molecule has 1 aromatic carbocycles. The van der Waals surface area contributed by atoms with E-state index in [4.69, 9.17) is 4.74 Å². The number of hydrogen-bond donors (Lipinski definition) is 1. The fourth-order valence-corrected chi connectivity index (χ4v) is 2.31. The van der Waals surface area contributed by atoms with Crippen LogP contribution in [0, 0.1) is 5.92 Å². The predicted octanol–water partition coefficient (Wildman–Crippen LogP) is 2.61. The fraction of sp³-hybridized carbons (Fsp3) is 0.538. The Bertz CT molecular complexity index is 354. The van der Waals surface area contributed by atoms with Crippen LogP contribution in [0.5, 0.6) is 0 Å². The molecule has 1 aliphatic rings. The minimum atomic E-state index is -1.78. The van der Waals surface area contributed by atoms with Gasteiger partial charge in [0.1, 0.15) is 0 Å². The van der Waals surface area contributed by atoms with E-state index in [1.807, 2.05) is 13.0 Å². The summed E-state index contributed by atoms with van der Waals surface area (Å²) in [5.74, 6) is -2.06. The number of benzene rings is 1. The Hall–Kier alpha value is -0.930. The average Bonchev–Trinajstić information content (AvgIpc) is 2.56. The molecule has 0 aromatic heterocycles. The Morgan fingerprint density at radius 3 is 2.50 bits per heavy atom. The molecule has 4 atom stereocenters. The lowest BCUT2D eigenvalue weighted by Gasteiger charge is -2.25. The first kappa shape index (κ1) is 11.6. The molecule has 0 aliphatic carbocycles. The van der Waals surface area contributed by atoms with Gasteiger partial charge in [-0.3, -0.25) is 0 Å². The highest BCUT2D eigenvalue weighted by Gasteiger charge is 2.53. The van der Waals surface area contributed by atoms with E-state index in [1.165, 1.54) is 0 Å². The summed E-state index contributed by atoms with van der Waals surface area (Å²) in [5, 5.41) is 10.3. The number of rotatable bonds is 2. The van der Waals surface area contributed by atoms with Crippen LogP contribution in [0.1, 0.15) is 25.8 Å². The fourth-order valence-electron chi connectivity index (χ4n) is 2.31. The molecule has 3 heteroatoms. The Morgan fingerprint density at radius 1 is 1.38 bits per heavy atom. The van der Waals surface area contributed by atoms with Gasteiger partial charge in [0.2, 0.25) is 5.79 Å². The lowest BCUT2D eigenvalue weighted by Crippen LogP contribution is -2.35. The number of halogens is 1. The van der Waals surface area contributed by atoms with Crippen LogP contribution in [0.4, 0.5) is 4.39 Å². The summed E-state index contributed by atoms with van der Waals surface area (Å²) < 4.78 is 19.6. The van der Waals surface area contributed by atoms with Crippen LogP contribution in [0.15, 0.2) is 30.3 Å². The van der Waals surface area contributed by atoms with Gasteiger partial charge in [0.05, 0.1) is 6.10 Å². The van der Waals surface area contributed by atoms with Gasteiger partial charge in [-0.1, -0.05) is 44.2 Å². The van der Waals surface area contributed by atoms with Crippen molar-refractivity contribution in [1.82, 2.24) is 0 Å². The van der Waals surface area contributed by atoms with Crippen LogP contribution < -0.4 is 0 Å². The third kappa shape index (κ3) is 1.64. The van der Waals surface area contributed by atoms with Crippen LogP contribution in [-0.4, -0.2) is 17.4 Å². The van der Waals surface area contributed by atoms with Crippen LogP contribution in [-0.2, 0) is 10.5 Å². The van der Waals surface area contributed by atoms with Crippen molar-refractivity contribution in [2.24, 2.45) is 5.92 Å². The third-order valence-corrected chi connectivity index (χ3v) is 3.34. The normalized spacial score (nSPS) is 38.9. The molecule has 1 saturated heterocycles. The van der Waals surface area contributed by atoms with Crippen molar-refractivity contribution < 1.29 is 14.2 Å². The van der Waals surface area contributed by atoms with Crippen LogP contribution in [0.25, 0.3) is 0 Å². The van der Waals surface area contributed by atoms with Gasteiger partial charge in [0.15, 0.2) is 6.17 Å². The quantitative estimate of drug-likeness (QED) is 0.836. The van der Waals surface area contributed by atoms with Crippen molar-refractivity contribution in [2.45, 2.75) is 38.3 Å². The third-order valence-electron chi connectivity index (χ3n) is 3.34. The number of hydrogen-bond acceptors (Lipinski definition) is 2. The monoisotopic (exact) mass is 224 g/mol. The molecule has 1 aromatic rings. The predicted molar refractivity (Wildman–Crippen MR) is 59.6 cm³/mol. The summed E-state index contributed by atoms with van der Waals surface area (Å²) >= 11 is 0. The van der Waals surface area contributed by atoms with Gasteiger partial charge in [-0.25, -0.2) is 4.39 Å². The van der Waals surface area contributed by atoms with E-state index in [-0.39, 0.29) is 12.0 Å². The Morgan fingerprint density at radius 2 is 2.00 bits per heavy atom. The topological polar surface area (TPSA) is 29.5 Å². The summed E-state index contributed by atoms with van der Waals surface area (Å²) in [6.07, 6.45) is -0.892. The van der Waals surface area contributed by atoms with E-state index >= 15 is 0 Å².